The van der Waals surface area contributed by atoms with Gasteiger partial charge in [0.1, 0.15) is 4.60 Å². The molecule has 6 nitrogen and oxygen atoms in total. The first-order valence-electron chi connectivity index (χ1n) is 3.41. The van der Waals surface area contributed by atoms with Crippen molar-refractivity contribution >= 4 is 44.4 Å². The van der Waals surface area contributed by atoms with Crippen LogP contribution in [-0.4, -0.2) is 23.6 Å². The molecule has 8 heteroatoms. The number of nitrogens with two attached hydrogens (primary N) is 1. The molecule has 3 N–H and O–H groups in total. The maximum absolute atomic E-state index is 11.0. The van der Waals surface area contributed by atoms with Crippen molar-refractivity contribution < 1.29 is 14.3 Å². The summed E-state index contributed by atoms with van der Waals surface area (Å²) in [5.74, 6) is -0.481. The number of primary amides is 1. The maximum atomic E-state index is 11.0. The molecule has 0 aliphatic carbocycles. The van der Waals surface area contributed by atoms with E-state index < -0.39 is 18.6 Å². The number of halogens is 1. The highest BCUT2D eigenvalue weighted by molar-refractivity contribution is 9.10. The Balaban J connectivity index is 2.37. The van der Waals surface area contributed by atoms with Gasteiger partial charge in [0, 0.05) is 5.38 Å². The summed E-state index contributed by atoms with van der Waals surface area (Å²) in [5, 5.41) is 4.56. The SMILES string of the molecule is NC(=O)OCC(=O)Nc1nc(Br)cs1. The van der Waals surface area contributed by atoms with E-state index in [2.05, 4.69) is 36.7 Å². The molecule has 1 aromatic rings. The molecule has 0 aliphatic heterocycles. The zero-order valence-electron chi connectivity index (χ0n) is 6.82. The van der Waals surface area contributed by atoms with E-state index in [1.54, 1.807) is 5.38 Å². The van der Waals surface area contributed by atoms with E-state index in [9.17, 15) is 9.59 Å². The lowest BCUT2D eigenvalue weighted by molar-refractivity contribution is -0.118. The minimum atomic E-state index is -0.986. The average molecular weight is 280 g/mol. The van der Waals surface area contributed by atoms with E-state index in [4.69, 9.17) is 0 Å². The van der Waals surface area contributed by atoms with Crippen LogP contribution in [0, 0.1) is 0 Å². The van der Waals surface area contributed by atoms with Gasteiger partial charge in [-0.3, -0.25) is 10.1 Å². The topological polar surface area (TPSA) is 94.3 Å². The number of nitrogens with zero attached hydrogens (tertiary/aromatic N) is 1. The van der Waals surface area contributed by atoms with Crippen molar-refractivity contribution in [1.82, 2.24) is 4.98 Å². The van der Waals surface area contributed by atoms with Gasteiger partial charge in [-0.25, -0.2) is 9.78 Å². The van der Waals surface area contributed by atoms with Crippen LogP contribution in [0.1, 0.15) is 0 Å². The molecule has 1 rings (SSSR count). The highest BCUT2D eigenvalue weighted by atomic mass is 79.9. The Morgan fingerprint density at radius 1 is 1.71 bits per heavy atom. The van der Waals surface area contributed by atoms with E-state index in [0.717, 1.165) is 0 Å². The molecule has 1 aromatic heterocycles. The Labute approximate surface area is 91.6 Å². The maximum Gasteiger partial charge on any atom is 0.405 e. The van der Waals surface area contributed by atoms with E-state index in [0.29, 0.717) is 9.73 Å². The van der Waals surface area contributed by atoms with Crippen LogP contribution >= 0.6 is 27.3 Å². The Bertz CT molecular complexity index is 354. The molecule has 0 spiro atoms. The third kappa shape index (κ3) is 3.71. The van der Waals surface area contributed by atoms with Gasteiger partial charge in [-0.1, -0.05) is 0 Å². The fourth-order valence-corrected chi connectivity index (χ4v) is 1.76. The van der Waals surface area contributed by atoms with Crippen LogP contribution in [0.3, 0.4) is 0 Å². The number of hydrogen-bond acceptors (Lipinski definition) is 5. The monoisotopic (exact) mass is 279 g/mol. The molecule has 0 fully saturated rings. The van der Waals surface area contributed by atoms with Gasteiger partial charge in [-0.05, 0) is 15.9 Å². The molecule has 2 amide bonds. The first kappa shape index (κ1) is 10.9. The van der Waals surface area contributed by atoms with Crippen LogP contribution in [-0.2, 0) is 9.53 Å². The summed E-state index contributed by atoms with van der Waals surface area (Å²) in [4.78, 5) is 25.1. The van der Waals surface area contributed by atoms with E-state index in [1.165, 1.54) is 11.3 Å². The van der Waals surface area contributed by atoms with Crippen LogP contribution in [0.15, 0.2) is 9.98 Å². The summed E-state index contributed by atoms with van der Waals surface area (Å²) in [5.41, 5.74) is 4.68. The van der Waals surface area contributed by atoms with Gasteiger partial charge in [0.05, 0.1) is 0 Å². The van der Waals surface area contributed by atoms with Gasteiger partial charge in [0.25, 0.3) is 5.91 Å². The Morgan fingerprint density at radius 2 is 2.43 bits per heavy atom. The molecule has 0 aliphatic rings. The first-order valence-corrected chi connectivity index (χ1v) is 5.08. The van der Waals surface area contributed by atoms with Gasteiger partial charge in [0.2, 0.25) is 0 Å². The molecule has 1 heterocycles. The second kappa shape index (κ2) is 4.91. The van der Waals surface area contributed by atoms with E-state index in [1.807, 2.05) is 0 Å². The molecule has 0 saturated carbocycles. The quantitative estimate of drug-likeness (QED) is 0.861. The van der Waals surface area contributed by atoms with Crippen molar-refractivity contribution in [3.05, 3.63) is 9.98 Å². The van der Waals surface area contributed by atoms with Crippen LogP contribution < -0.4 is 11.1 Å². The lowest BCUT2D eigenvalue weighted by Gasteiger charge is -2.00. The molecular weight excluding hydrogens is 274 g/mol. The number of anilines is 1. The van der Waals surface area contributed by atoms with Crippen molar-refractivity contribution in [2.24, 2.45) is 5.73 Å². The molecule has 76 valence electrons. The summed E-state index contributed by atoms with van der Waals surface area (Å²) in [6.45, 7) is -0.410. The van der Waals surface area contributed by atoms with Crippen LogP contribution in [0.25, 0.3) is 0 Å². The summed E-state index contributed by atoms with van der Waals surface area (Å²) in [6.07, 6.45) is -0.986. The Morgan fingerprint density at radius 3 is 2.93 bits per heavy atom. The molecule has 0 aromatic carbocycles. The number of thiazole rings is 1. The van der Waals surface area contributed by atoms with Crippen LogP contribution in [0.2, 0.25) is 0 Å². The molecule has 14 heavy (non-hydrogen) atoms. The number of amides is 2. The second-order valence-electron chi connectivity index (χ2n) is 2.13. The molecular formula is C6H6BrN3O3S. The van der Waals surface area contributed by atoms with Crippen LogP contribution in [0.4, 0.5) is 9.93 Å². The van der Waals surface area contributed by atoms with Crippen molar-refractivity contribution in [3.8, 4) is 0 Å². The molecule has 0 radical (unpaired) electrons. The summed E-state index contributed by atoms with van der Waals surface area (Å²) < 4.78 is 4.91. The number of carbonyl (C=O) groups excluding carboxylic acids is 2. The van der Waals surface area contributed by atoms with Crippen LogP contribution in [0.5, 0.6) is 0 Å². The highest BCUT2D eigenvalue weighted by Gasteiger charge is 2.07. The molecule has 0 saturated heterocycles. The third-order valence-electron chi connectivity index (χ3n) is 1.07. The Hall–Kier alpha value is -1.15. The normalized spacial score (nSPS) is 9.50. The smallest absolute Gasteiger partial charge is 0.405 e. The number of hydrogen-bond donors (Lipinski definition) is 2. The van der Waals surface area contributed by atoms with E-state index in [-0.39, 0.29) is 0 Å². The lowest BCUT2D eigenvalue weighted by atomic mass is 10.6. The zero-order chi connectivity index (χ0) is 10.6. The summed E-state index contributed by atoms with van der Waals surface area (Å²) in [6, 6.07) is 0. The number of aromatic nitrogens is 1. The highest BCUT2D eigenvalue weighted by Crippen LogP contribution is 2.18. The Kier molecular flexibility index (Phi) is 3.84. The molecule has 0 atom stereocenters. The number of carbonyl (C=O) groups is 2. The van der Waals surface area contributed by atoms with Crippen molar-refractivity contribution in [1.29, 1.82) is 0 Å². The molecule has 0 unspecified atom stereocenters. The van der Waals surface area contributed by atoms with Gasteiger partial charge in [-0.15, -0.1) is 11.3 Å². The van der Waals surface area contributed by atoms with Crippen molar-refractivity contribution in [3.63, 3.8) is 0 Å². The van der Waals surface area contributed by atoms with E-state index >= 15 is 0 Å². The van der Waals surface area contributed by atoms with Crippen molar-refractivity contribution in [2.75, 3.05) is 11.9 Å². The average Bonchev–Trinajstić information content (AvgIpc) is 2.48. The third-order valence-corrected chi connectivity index (χ3v) is 2.54. The zero-order valence-corrected chi connectivity index (χ0v) is 9.22. The van der Waals surface area contributed by atoms with Gasteiger partial charge in [0.15, 0.2) is 11.7 Å². The predicted molar refractivity (Wildman–Crippen MR) is 54.0 cm³/mol. The van der Waals surface area contributed by atoms with Gasteiger partial charge < -0.3 is 10.5 Å². The molecule has 0 bridgehead atoms. The van der Waals surface area contributed by atoms with Gasteiger partial charge >= 0.3 is 6.09 Å². The minimum absolute atomic E-state index is 0.410. The lowest BCUT2D eigenvalue weighted by Crippen LogP contribution is -2.23. The first-order chi connectivity index (χ1) is 6.58. The predicted octanol–water partition coefficient (Wildman–Crippen LogP) is 0.939. The fraction of sp³-hybridized carbons (Fsp3) is 0.167. The van der Waals surface area contributed by atoms with Gasteiger partial charge in [-0.2, -0.15) is 0 Å². The second-order valence-corrected chi connectivity index (χ2v) is 3.80. The number of rotatable bonds is 3. The summed E-state index contributed by atoms with van der Waals surface area (Å²) in [7, 11) is 0. The minimum Gasteiger partial charge on any atom is -0.440 e. The largest absolute Gasteiger partial charge is 0.440 e. The van der Waals surface area contributed by atoms with Crippen molar-refractivity contribution in [2.45, 2.75) is 0 Å². The standard InChI is InChI=1S/C6H6BrN3O3S/c7-3-2-14-6(9-3)10-4(11)1-13-5(8)12/h2H,1H2,(H2,8,12)(H,9,10,11). The summed E-state index contributed by atoms with van der Waals surface area (Å²) >= 11 is 4.38. The number of nitrogens with one attached hydrogen (secondary N) is 1. The fourth-order valence-electron chi connectivity index (χ4n) is 0.604. The number of ether oxygens (including phenoxy) is 1.